The van der Waals surface area contributed by atoms with Crippen LogP contribution in [0.15, 0.2) is 15.8 Å². The first-order chi connectivity index (χ1) is 10.7. The molecule has 2 heterocycles. The molecule has 0 atom stereocenters. The standard InChI is InChI=1S/C14H16N4O3S/c1-3-20-13(19)10-6-15-8(2)16-11(10)7-22-14-18-17-12(21-14)9-4-5-9/h6,9H,3-5,7H2,1-2H3. The molecular formula is C14H16N4O3S. The molecule has 0 unspecified atom stereocenters. The van der Waals surface area contributed by atoms with Gasteiger partial charge in [-0.2, -0.15) is 0 Å². The van der Waals surface area contributed by atoms with E-state index in [1.54, 1.807) is 13.8 Å². The van der Waals surface area contributed by atoms with E-state index in [1.807, 2.05) is 0 Å². The molecule has 0 saturated heterocycles. The monoisotopic (exact) mass is 320 g/mol. The van der Waals surface area contributed by atoms with Crippen LogP contribution in [-0.4, -0.2) is 32.7 Å². The van der Waals surface area contributed by atoms with E-state index in [0.29, 0.717) is 46.5 Å². The molecule has 1 saturated carbocycles. The van der Waals surface area contributed by atoms with Gasteiger partial charge in [-0.25, -0.2) is 14.8 Å². The number of thioether (sulfide) groups is 1. The van der Waals surface area contributed by atoms with Gasteiger partial charge in [0.2, 0.25) is 5.89 Å². The number of aromatic nitrogens is 4. The van der Waals surface area contributed by atoms with Crippen LogP contribution in [0.1, 0.15) is 53.5 Å². The lowest BCUT2D eigenvalue weighted by Gasteiger charge is -2.07. The van der Waals surface area contributed by atoms with Gasteiger partial charge in [0.05, 0.1) is 12.3 Å². The minimum Gasteiger partial charge on any atom is -0.462 e. The topological polar surface area (TPSA) is 91.0 Å². The van der Waals surface area contributed by atoms with Crippen LogP contribution in [0.4, 0.5) is 0 Å². The molecule has 7 nitrogen and oxygen atoms in total. The zero-order chi connectivity index (χ0) is 15.5. The van der Waals surface area contributed by atoms with Crippen molar-refractivity contribution >= 4 is 17.7 Å². The molecule has 1 aliphatic rings. The maximum Gasteiger partial charge on any atom is 0.341 e. The number of carbonyl (C=O) groups excluding carboxylic acids is 1. The molecule has 0 bridgehead atoms. The zero-order valence-corrected chi connectivity index (χ0v) is 13.2. The van der Waals surface area contributed by atoms with Gasteiger partial charge in [0.25, 0.3) is 5.22 Å². The minimum absolute atomic E-state index is 0.313. The normalized spacial score (nSPS) is 14.1. The largest absolute Gasteiger partial charge is 0.462 e. The van der Waals surface area contributed by atoms with E-state index in [1.165, 1.54) is 18.0 Å². The highest BCUT2D eigenvalue weighted by Gasteiger charge is 2.29. The average Bonchev–Trinajstić information content (AvgIpc) is 3.24. The van der Waals surface area contributed by atoms with Crippen LogP contribution in [0.5, 0.6) is 0 Å². The summed E-state index contributed by atoms with van der Waals surface area (Å²) in [4.78, 5) is 20.3. The fraction of sp³-hybridized carbons (Fsp3) is 0.500. The Kier molecular flexibility index (Phi) is 4.37. The average molecular weight is 320 g/mol. The van der Waals surface area contributed by atoms with Crippen LogP contribution in [0.25, 0.3) is 0 Å². The highest BCUT2D eigenvalue weighted by atomic mass is 32.2. The molecule has 0 radical (unpaired) electrons. The molecule has 1 aliphatic carbocycles. The van der Waals surface area contributed by atoms with Gasteiger partial charge in [-0.3, -0.25) is 0 Å². The van der Waals surface area contributed by atoms with Gasteiger partial charge < -0.3 is 9.15 Å². The first-order valence-corrected chi connectivity index (χ1v) is 8.11. The smallest absolute Gasteiger partial charge is 0.341 e. The molecule has 0 spiro atoms. The first kappa shape index (κ1) is 15.0. The summed E-state index contributed by atoms with van der Waals surface area (Å²) in [5.41, 5.74) is 0.990. The molecule has 2 aromatic rings. The first-order valence-electron chi connectivity index (χ1n) is 7.13. The molecule has 116 valence electrons. The lowest BCUT2D eigenvalue weighted by Crippen LogP contribution is -2.11. The van der Waals surface area contributed by atoms with Gasteiger partial charge in [-0.15, -0.1) is 10.2 Å². The van der Waals surface area contributed by atoms with Crippen molar-refractivity contribution in [2.24, 2.45) is 0 Å². The van der Waals surface area contributed by atoms with Gasteiger partial charge in [-0.1, -0.05) is 11.8 Å². The van der Waals surface area contributed by atoms with Gasteiger partial charge in [0, 0.05) is 17.9 Å². The zero-order valence-electron chi connectivity index (χ0n) is 12.4. The Labute approximate surface area is 131 Å². The van der Waals surface area contributed by atoms with Crippen molar-refractivity contribution in [2.45, 2.75) is 43.6 Å². The van der Waals surface area contributed by atoms with Crippen molar-refractivity contribution in [1.29, 1.82) is 0 Å². The van der Waals surface area contributed by atoms with Crippen LogP contribution < -0.4 is 0 Å². The highest BCUT2D eigenvalue weighted by molar-refractivity contribution is 7.98. The Morgan fingerprint density at radius 2 is 2.27 bits per heavy atom. The van der Waals surface area contributed by atoms with Gasteiger partial charge in [0.1, 0.15) is 11.4 Å². The van der Waals surface area contributed by atoms with Crippen LogP contribution in [0, 0.1) is 6.92 Å². The second-order valence-corrected chi connectivity index (χ2v) is 5.89. The summed E-state index contributed by atoms with van der Waals surface area (Å²) in [5.74, 6) is 1.77. The van der Waals surface area contributed by atoms with Gasteiger partial charge in [0.15, 0.2) is 0 Å². The number of aryl methyl sites for hydroxylation is 1. The Bertz CT molecular complexity index is 684. The van der Waals surface area contributed by atoms with E-state index in [-0.39, 0.29) is 0 Å². The minimum atomic E-state index is -0.415. The second kappa shape index (κ2) is 6.43. The van der Waals surface area contributed by atoms with Crippen molar-refractivity contribution in [3.63, 3.8) is 0 Å². The van der Waals surface area contributed by atoms with Crippen molar-refractivity contribution in [3.05, 3.63) is 29.2 Å². The Morgan fingerprint density at radius 1 is 1.45 bits per heavy atom. The van der Waals surface area contributed by atoms with Crippen molar-refractivity contribution < 1.29 is 13.9 Å². The maximum atomic E-state index is 11.9. The van der Waals surface area contributed by atoms with Crippen LogP contribution >= 0.6 is 11.8 Å². The predicted molar refractivity (Wildman–Crippen MR) is 78.6 cm³/mol. The molecule has 2 aromatic heterocycles. The van der Waals surface area contributed by atoms with E-state index in [2.05, 4.69) is 20.2 Å². The highest BCUT2D eigenvalue weighted by Crippen LogP contribution is 2.40. The third-order valence-corrected chi connectivity index (χ3v) is 3.99. The molecule has 0 N–H and O–H groups in total. The van der Waals surface area contributed by atoms with E-state index in [4.69, 9.17) is 9.15 Å². The predicted octanol–water partition coefficient (Wildman–Crippen LogP) is 2.51. The van der Waals surface area contributed by atoms with E-state index >= 15 is 0 Å². The molecule has 0 aliphatic heterocycles. The molecule has 1 fully saturated rings. The maximum absolute atomic E-state index is 11.9. The quantitative estimate of drug-likeness (QED) is 0.592. The number of hydrogen-bond acceptors (Lipinski definition) is 8. The van der Waals surface area contributed by atoms with Gasteiger partial charge >= 0.3 is 5.97 Å². The second-order valence-electron chi connectivity index (χ2n) is 4.97. The fourth-order valence-corrected chi connectivity index (χ4v) is 2.63. The number of ether oxygens (including phenoxy) is 1. The molecular weight excluding hydrogens is 304 g/mol. The number of esters is 1. The van der Waals surface area contributed by atoms with Crippen molar-refractivity contribution in [2.75, 3.05) is 6.61 Å². The SMILES string of the molecule is CCOC(=O)c1cnc(C)nc1CSc1nnc(C2CC2)o1. The fourth-order valence-electron chi connectivity index (χ4n) is 1.91. The summed E-state index contributed by atoms with van der Waals surface area (Å²) >= 11 is 1.36. The van der Waals surface area contributed by atoms with Crippen LogP contribution in [0.3, 0.4) is 0 Å². The molecule has 22 heavy (non-hydrogen) atoms. The van der Waals surface area contributed by atoms with Gasteiger partial charge in [-0.05, 0) is 26.7 Å². The van der Waals surface area contributed by atoms with E-state index < -0.39 is 5.97 Å². The summed E-state index contributed by atoms with van der Waals surface area (Å²) in [6, 6.07) is 0. The van der Waals surface area contributed by atoms with Crippen LogP contribution in [0.2, 0.25) is 0 Å². The van der Waals surface area contributed by atoms with Crippen molar-refractivity contribution in [1.82, 2.24) is 20.2 Å². The lowest BCUT2D eigenvalue weighted by molar-refractivity contribution is 0.0524. The number of carbonyl (C=O) groups is 1. The number of hydrogen-bond donors (Lipinski definition) is 0. The third kappa shape index (κ3) is 3.44. The van der Waals surface area contributed by atoms with Crippen LogP contribution in [-0.2, 0) is 10.5 Å². The molecule has 3 rings (SSSR count). The summed E-state index contributed by atoms with van der Waals surface area (Å²) < 4.78 is 10.6. The summed E-state index contributed by atoms with van der Waals surface area (Å²) in [6.45, 7) is 3.86. The lowest BCUT2D eigenvalue weighted by atomic mass is 10.2. The Hall–Kier alpha value is -1.96. The molecule has 0 aromatic carbocycles. The summed E-state index contributed by atoms with van der Waals surface area (Å²) in [5, 5.41) is 8.54. The number of nitrogens with zero attached hydrogens (tertiary/aromatic N) is 4. The van der Waals surface area contributed by atoms with E-state index in [9.17, 15) is 4.79 Å². The molecule has 8 heteroatoms. The Balaban J connectivity index is 1.72. The number of rotatable bonds is 6. The Morgan fingerprint density at radius 3 is 3.00 bits per heavy atom. The summed E-state index contributed by atoms with van der Waals surface area (Å²) in [7, 11) is 0. The van der Waals surface area contributed by atoms with Crippen molar-refractivity contribution in [3.8, 4) is 0 Å². The molecule has 0 amide bonds. The van der Waals surface area contributed by atoms with E-state index in [0.717, 1.165) is 12.8 Å². The summed E-state index contributed by atoms with van der Waals surface area (Å²) in [6.07, 6.45) is 3.73. The third-order valence-electron chi connectivity index (χ3n) is 3.16.